The van der Waals surface area contributed by atoms with E-state index in [2.05, 4.69) is 4.72 Å². The standard InChI is InChI=1S/C19H20ClF2NO2S/c1-3-4-5-16(19(21)22)17-12-14(20)8-11-18(17)23-26(24,25)15-9-6-13(2)7-10-15/h6-12,23H,3-5H2,1-2H3. The predicted octanol–water partition coefficient (Wildman–Crippen LogP) is 6.25. The van der Waals surface area contributed by atoms with Crippen LogP contribution >= 0.6 is 11.6 Å². The summed E-state index contributed by atoms with van der Waals surface area (Å²) in [5, 5.41) is 0.258. The van der Waals surface area contributed by atoms with Gasteiger partial charge in [0.15, 0.2) is 0 Å². The van der Waals surface area contributed by atoms with Gasteiger partial charge in [-0.3, -0.25) is 4.72 Å². The van der Waals surface area contributed by atoms with E-state index in [4.69, 9.17) is 11.6 Å². The highest BCUT2D eigenvalue weighted by Gasteiger charge is 2.19. The summed E-state index contributed by atoms with van der Waals surface area (Å²) in [7, 11) is -3.91. The fourth-order valence-electron chi connectivity index (χ4n) is 2.46. The molecule has 0 bridgehead atoms. The van der Waals surface area contributed by atoms with Crippen LogP contribution in [0.1, 0.15) is 37.3 Å². The van der Waals surface area contributed by atoms with Crippen LogP contribution in [0.2, 0.25) is 5.02 Å². The van der Waals surface area contributed by atoms with Crippen molar-refractivity contribution in [3.63, 3.8) is 0 Å². The Morgan fingerprint density at radius 1 is 1.12 bits per heavy atom. The summed E-state index contributed by atoms with van der Waals surface area (Å²) in [6.07, 6.45) is -0.402. The molecule has 0 spiro atoms. The zero-order valence-electron chi connectivity index (χ0n) is 14.5. The summed E-state index contributed by atoms with van der Waals surface area (Å²) in [4.78, 5) is 0.0591. The summed E-state index contributed by atoms with van der Waals surface area (Å²) in [5.41, 5.74) is 0.895. The lowest BCUT2D eigenvalue weighted by Gasteiger charge is -2.15. The number of benzene rings is 2. The smallest absolute Gasteiger partial charge is 0.274 e. The van der Waals surface area contributed by atoms with Gasteiger partial charge in [-0.2, -0.15) is 8.78 Å². The highest BCUT2D eigenvalue weighted by molar-refractivity contribution is 7.92. The fraction of sp³-hybridized carbons (Fsp3) is 0.263. The zero-order chi connectivity index (χ0) is 19.3. The number of anilines is 1. The van der Waals surface area contributed by atoms with Gasteiger partial charge >= 0.3 is 0 Å². The Hall–Kier alpha value is -1.92. The molecule has 2 rings (SSSR count). The maximum Gasteiger partial charge on any atom is 0.274 e. The minimum atomic E-state index is -3.91. The van der Waals surface area contributed by atoms with Gasteiger partial charge in [0.05, 0.1) is 10.6 Å². The third-order valence-electron chi connectivity index (χ3n) is 3.89. The number of nitrogens with one attached hydrogen (secondary N) is 1. The number of halogens is 3. The molecule has 26 heavy (non-hydrogen) atoms. The van der Waals surface area contributed by atoms with E-state index in [1.807, 2.05) is 13.8 Å². The van der Waals surface area contributed by atoms with Crippen LogP contribution in [0.5, 0.6) is 0 Å². The van der Waals surface area contributed by atoms with Gasteiger partial charge in [0.2, 0.25) is 0 Å². The van der Waals surface area contributed by atoms with E-state index in [0.717, 1.165) is 12.0 Å². The average molecular weight is 400 g/mol. The molecule has 0 aliphatic rings. The molecule has 0 aromatic heterocycles. The van der Waals surface area contributed by atoms with E-state index < -0.39 is 16.1 Å². The third kappa shape index (κ3) is 5.05. The molecule has 0 atom stereocenters. The minimum absolute atomic E-state index is 0.0591. The number of hydrogen-bond acceptors (Lipinski definition) is 2. The Labute approximate surface area is 157 Å². The topological polar surface area (TPSA) is 46.2 Å². The molecular formula is C19H20ClF2NO2S. The molecule has 0 heterocycles. The van der Waals surface area contributed by atoms with E-state index in [1.165, 1.54) is 30.3 Å². The molecule has 0 aliphatic carbocycles. The van der Waals surface area contributed by atoms with Crippen molar-refractivity contribution >= 4 is 32.9 Å². The van der Waals surface area contributed by atoms with Gasteiger partial charge in [0, 0.05) is 16.2 Å². The van der Waals surface area contributed by atoms with Crippen LogP contribution < -0.4 is 4.72 Å². The molecule has 0 amide bonds. The predicted molar refractivity (Wildman–Crippen MR) is 102 cm³/mol. The first-order valence-corrected chi connectivity index (χ1v) is 10.0. The largest absolute Gasteiger partial charge is 0.279 e. The molecule has 0 aliphatic heterocycles. The third-order valence-corrected chi connectivity index (χ3v) is 5.51. The van der Waals surface area contributed by atoms with E-state index >= 15 is 0 Å². The molecule has 0 radical (unpaired) electrons. The van der Waals surface area contributed by atoms with Gasteiger partial charge in [-0.25, -0.2) is 8.42 Å². The van der Waals surface area contributed by atoms with Gasteiger partial charge in [-0.15, -0.1) is 0 Å². The van der Waals surface area contributed by atoms with Crippen LogP contribution in [0.15, 0.2) is 53.4 Å². The van der Waals surface area contributed by atoms with Crippen molar-refractivity contribution in [2.24, 2.45) is 0 Å². The first kappa shape index (κ1) is 20.4. The van der Waals surface area contributed by atoms with E-state index in [0.29, 0.717) is 6.42 Å². The number of rotatable bonds is 7. The molecule has 1 N–H and O–H groups in total. The molecule has 2 aromatic rings. The van der Waals surface area contributed by atoms with E-state index in [-0.39, 0.29) is 33.2 Å². The van der Waals surface area contributed by atoms with E-state index in [9.17, 15) is 17.2 Å². The second-order valence-electron chi connectivity index (χ2n) is 5.95. The number of allylic oxidation sites excluding steroid dienone is 1. The molecule has 0 saturated carbocycles. The number of unbranched alkanes of at least 4 members (excludes halogenated alkanes) is 1. The molecule has 140 valence electrons. The molecule has 2 aromatic carbocycles. The Balaban J connectivity index is 2.47. The van der Waals surface area contributed by atoms with Crippen molar-refractivity contribution in [1.29, 1.82) is 0 Å². The van der Waals surface area contributed by atoms with Crippen LogP contribution in [0, 0.1) is 6.92 Å². The van der Waals surface area contributed by atoms with Crippen molar-refractivity contribution in [1.82, 2.24) is 0 Å². The van der Waals surface area contributed by atoms with Crippen molar-refractivity contribution in [3.05, 3.63) is 64.7 Å². The first-order valence-electron chi connectivity index (χ1n) is 8.18. The number of sulfonamides is 1. The average Bonchev–Trinajstić information content (AvgIpc) is 2.57. The van der Waals surface area contributed by atoms with Gasteiger partial charge in [0.1, 0.15) is 0 Å². The van der Waals surface area contributed by atoms with Gasteiger partial charge in [0.25, 0.3) is 16.1 Å². The summed E-state index contributed by atoms with van der Waals surface area (Å²) in [6.45, 7) is 3.74. The molecular weight excluding hydrogens is 380 g/mol. The van der Waals surface area contributed by atoms with Crippen LogP contribution in [0.4, 0.5) is 14.5 Å². The lowest BCUT2D eigenvalue weighted by molar-refractivity contribution is 0.422. The van der Waals surface area contributed by atoms with E-state index in [1.54, 1.807) is 12.1 Å². The van der Waals surface area contributed by atoms with Crippen molar-refractivity contribution < 1.29 is 17.2 Å². The lowest BCUT2D eigenvalue weighted by Crippen LogP contribution is -2.14. The van der Waals surface area contributed by atoms with Crippen LogP contribution in [0.3, 0.4) is 0 Å². The van der Waals surface area contributed by atoms with Crippen LogP contribution in [-0.2, 0) is 10.0 Å². The second kappa shape index (κ2) is 8.64. The normalized spacial score (nSPS) is 11.3. The molecule has 0 fully saturated rings. The summed E-state index contributed by atoms with van der Waals surface area (Å²) >= 11 is 5.96. The molecule has 0 unspecified atom stereocenters. The lowest BCUT2D eigenvalue weighted by atomic mass is 10.00. The monoisotopic (exact) mass is 399 g/mol. The maximum atomic E-state index is 13.5. The summed E-state index contributed by atoms with van der Waals surface area (Å²) in [5.74, 6) is 0. The Morgan fingerprint density at radius 3 is 2.35 bits per heavy atom. The van der Waals surface area contributed by atoms with Crippen molar-refractivity contribution in [2.45, 2.75) is 38.0 Å². The van der Waals surface area contributed by atoms with Crippen LogP contribution in [-0.4, -0.2) is 8.42 Å². The number of hydrogen-bond donors (Lipinski definition) is 1. The fourth-order valence-corrected chi connectivity index (χ4v) is 3.71. The van der Waals surface area contributed by atoms with Gasteiger partial charge < -0.3 is 0 Å². The Morgan fingerprint density at radius 2 is 1.77 bits per heavy atom. The number of aryl methyl sites for hydroxylation is 1. The second-order valence-corrected chi connectivity index (χ2v) is 8.07. The molecule has 3 nitrogen and oxygen atoms in total. The zero-order valence-corrected chi connectivity index (χ0v) is 16.1. The van der Waals surface area contributed by atoms with Crippen LogP contribution in [0.25, 0.3) is 5.57 Å². The maximum absolute atomic E-state index is 13.5. The van der Waals surface area contributed by atoms with Gasteiger partial charge in [-0.1, -0.05) is 42.6 Å². The Bertz CT molecular complexity index is 906. The highest BCUT2D eigenvalue weighted by Crippen LogP contribution is 2.34. The highest BCUT2D eigenvalue weighted by atomic mass is 35.5. The van der Waals surface area contributed by atoms with Crippen molar-refractivity contribution in [2.75, 3.05) is 4.72 Å². The first-order chi connectivity index (χ1) is 12.2. The quantitative estimate of drug-likeness (QED) is 0.598. The molecule has 7 heteroatoms. The van der Waals surface area contributed by atoms with Gasteiger partial charge in [-0.05, 0) is 50.1 Å². The summed E-state index contributed by atoms with van der Waals surface area (Å²) in [6, 6.07) is 10.5. The minimum Gasteiger partial charge on any atom is -0.279 e. The SMILES string of the molecule is CCCCC(=C(F)F)c1cc(Cl)ccc1NS(=O)(=O)c1ccc(C)cc1. The Kier molecular flexibility index (Phi) is 6.78. The molecule has 0 saturated heterocycles. The summed E-state index contributed by atoms with van der Waals surface area (Å²) < 4.78 is 54.6. The van der Waals surface area contributed by atoms with Crippen molar-refractivity contribution in [3.8, 4) is 0 Å².